The molecule has 12 nitrogen and oxygen atoms in total. The van der Waals surface area contributed by atoms with Gasteiger partial charge in [0.1, 0.15) is 24.1 Å². The Bertz CT molecular complexity index is 1090. The van der Waals surface area contributed by atoms with E-state index in [0.29, 0.717) is 15.9 Å². The number of ether oxygens (including phenoxy) is 2. The lowest BCUT2D eigenvalue weighted by Gasteiger charge is -2.42. The highest BCUT2D eigenvalue weighted by Gasteiger charge is 2.70. The maximum atomic E-state index is 13.5. The van der Waals surface area contributed by atoms with Gasteiger partial charge in [-0.3, -0.25) is 9.78 Å². The molecule has 13 heteroatoms. The van der Waals surface area contributed by atoms with E-state index in [1.54, 1.807) is 12.1 Å². The van der Waals surface area contributed by atoms with Gasteiger partial charge in [-0.1, -0.05) is 12.1 Å². The molecule has 0 radical (unpaired) electrons. The largest absolute Gasteiger partial charge is 0.497 e. The average molecular weight is 471 g/mol. The van der Waals surface area contributed by atoms with Crippen molar-refractivity contribution < 1.29 is 39.5 Å². The number of aromatic amines is 1. The van der Waals surface area contributed by atoms with Crippen LogP contribution < -0.4 is 16.0 Å². The predicted molar refractivity (Wildman–Crippen MR) is 109 cm³/mol. The van der Waals surface area contributed by atoms with Crippen molar-refractivity contribution in [3.63, 3.8) is 0 Å². The fourth-order valence-corrected chi connectivity index (χ4v) is 3.71. The van der Waals surface area contributed by atoms with Crippen LogP contribution in [-0.2, 0) is 23.6 Å². The Hall–Kier alpha value is -2.65. The summed E-state index contributed by atoms with van der Waals surface area (Å²) >= 11 is 0. The summed E-state index contributed by atoms with van der Waals surface area (Å²) in [5.41, 5.74) is -5.19. The molecule has 1 fully saturated rings. The van der Waals surface area contributed by atoms with Crippen LogP contribution in [-0.4, -0.2) is 78.1 Å². The highest BCUT2D eigenvalue weighted by Crippen LogP contribution is 2.43. The monoisotopic (exact) mass is 471 g/mol. The molecule has 1 aliphatic heterocycles. The lowest BCUT2D eigenvalue weighted by Crippen LogP contribution is -2.68. The Kier molecular flexibility index (Phi) is 7.04. The van der Waals surface area contributed by atoms with Gasteiger partial charge in [-0.2, -0.15) is 0 Å². The van der Waals surface area contributed by atoms with Gasteiger partial charge in [0, 0.05) is 18.2 Å². The van der Waals surface area contributed by atoms with Crippen molar-refractivity contribution >= 4 is 0 Å². The molecule has 1 aromatic heterocycles. The SMILES string of the molecule is COc1ccc(CN(O)[C@@]2(O)[C@H](O)[C@@H](CO)O[C@]2(O)n2cc(CC(C)F)c(=O)[nH]c2=O)cc1. The number of hydrogen-bond acceptors (Lipinski definition) is 10. The van der Waals surface area contributed by atoms with Crippen molar-refractivity contribution in [2.45, 2.75) is 49.9 Å². The zero-order valence-corrected chi connectivity index (χ0v) is 17.9. The minimum Gasteiger partial charge on any atom is -0.497 e. The number of hydroxylamine groups is 2. The fourth-order valence-electron chi connectivity index (χ4n) is 3.71. The van der Waals surface area contributed by atoms with E-state index in [0.717, 1.165) is 6.20 Å². The number of methoxy groups -OCH3 is 1. The van der Waals surface area contributed by atoms with E-state index >= 15 is 0 Å². The second-order valence-corrected chi connectivity index (χ2v) is 7.79. The quantitative estimate of drug-likeness (QED) is 0.194. The summed E-state index contributed by atoms with van der Waals surface area (Å²) in [7, 11) is 1.46. The molecule has 0 saturated carbocycles. The van der Waals surface area contributed by atoms with Gasteiger partial charge < -0.3 is 35.1 Å². The van der Waals surface area contributed by atoms with E-state index in [4.69, 9.17) is 9.47 Å². The molecule has 182 valence electrons. The molecule has 1 unspecified atom stereocenters. The molecule has 1 saturated heterocycles. The van der Waals surface area contributed by atoms with Gasteiger partial charge in [-0.05, 0) is 24.6 Å². The third kappa shape index (κ3) is 4.31. The molecule has 0 aliphatic carbocycles. The second kappa shape index (κ2) is 9.30. The molecular formula is C20H26FN3O9. The molecule has 0 bridgehead atoms. The van der Waals surface area contributed by atoms with Crippen molar-refractivity contribution in [1.29, 1.82) is 0 Å². The standard InChI is InChI=1S/C20H26FN3O9/c1-11(21)7-13-9-23(18(28)22-17(13)27)20(30)19(29,16(26)15(10-25)33-20)24(31)8-12-3-5-14(32-2)6-4-12/h3-6,9,11,15-16,25-26,29-31H,7-8,10H2,1-2H3,(H,22,27,28)/t11?,15-,16-,19-,20+/m1/s1. The summed E-state index contributed by atoms with van der Waals surface area (Å²) in [6.07, 6.45) is -4.94. The number of aliphatic hydroxyl groups is 4. The van der Waals surface area contributed by atoms with Gasteiger partial charge in [0.05, 0.1) is 20.3 Å². The van der Waals surface area contributed by atoms with Gasteiger partial charge in [0.2, 0.25) is 5.72 Å². The topological polar surface area (TPSA) is 178 Å². The molecule has 5 atom stereocenters. The van der Waals surface area contributed by atoms with Gasteiger partial charge >= 0.3 is 11.6 Å². The summed E-state index contributed by atoms with van der Waals surface area (Å²) < 4.78 is 24.1. The average Bonchev–Trinajstić information content (AvgIpc) is 2.98. The number of H-pyrrole nitrogens is 1. The fraction of sp³-hybridized carbons (Fsp3) is 0.500. The predicted octanol–water partition coefficient (Wildman–Crippen LogP) is -1.62. The van der Waals surface area contributed by atoms with Crippen LogP contribution in [0.15, 0.2) is 40.1 Å². The van der Waals surface area contributed by atoms with E-state index in [1.165, 1.54) is 26.2 Å². The number of hydrogen-bond donors (Lipinski definition) is 6. The number of rotatable bonds is 8. The maximum Gasteiger partial charge on any atom is 0.332 e. The van der Waals surface area contributed by atoms with Crippen molar-refractivity contribution in [1.82, 2.24) is 14.6 Å². The Morgan fingerprint density at radius 3 is 2.48 bits per heavy atom. The zero-order valence-electron chi connectivity index (χ0n) is 17.9. The zero-order chi connectivity index (χ0) is 24.6. The van der Waals surface area contributed by atoms with Gasteiger partial charge in [0.15, 0.2) is 0 Å². The number of benzene rings is 1. The molecule has 33 heavy (non-hydrogen) atoms. The van der Waals surface area contributed by atoms with Crippen LogP contribution in [0, 0.1) is 0 Å². The summed E-state index contributed by atoms with van der Waals surface area (Å²) in [5.74, 6) is -2.69. The third-order valence-electron chi connectivity index (χ3n) is 5.47. The van der Waals surface area contributed by atoms with Crippen molar-refractivity contribution in [3.8, 4) is 5.75 Å². The normalized spacial score (nSPS) is 28.3. The number of nitrogens with zero attached hydrogens (tertiary/aromatic N) is 2. The number of aromatic nitrogens is 2. The number of aliphatic hydroxyl groups excluding tert-OH is 2. The minimum atomic E-state index is -3.20. The lowest BCUT2D eigenvalue weighted by molar-refractivity contribution is -0.413. The van der Waals surface area contributed by atoms with Crippen LogP contribution in [0.3, 0.4) is 0 Å². The number of alkyl halides is 1. The van der Waals surface area contributed by atoms with Crippen molar-refractivity contribution in [2.75, 3.05) is 13.7 Å². The molecule has 3 rings (SSSR count). The molecule has 2 heterocycles. The first-order chi connectivity index (χ1) is 15.5. The Morgan fingerprint density at radius 1 is 1.30 bits per heavy atom. The smallest absolute Gasteiger partial charge is 0.332 e. The molecule has 6 N–H and O–H groups in total. The summed E-state index contributed by atoms with van der Waals surface area (Å²) in [4.78, 5) is 26.4. The number of halogens is 1. The Labute approximate surface area is 186 Å². The summed E-state index contributed by atoms with van der Waals surface area (Å²) in [6, 6.07) is 6.19. The van der Waals surface area contributed by atoms with Crippen LogP contribution >= 0.6 is 0 Å². The van der Waals surface area contributed by atoms with Crippen molar-refractivity contribution in [3.05, 3.63) is 62.4 Å². The van der Waals surface area contributed by atoms with Crippen LogP contribution in [0.25, 0.3) is 0 Å². The Balaban J connectivity index is 2.09. The molecule has 1 aromatic carbocycles. The van der Waals surface area contributed by atoms with E-state index < -0.39 is 60.8 Å². The van der Waals surface area contributed by atoms with Gasteiger partial charge in [0.25, 0.3) is 5.56 Å². The molecule has 1 aliphatic rings. The molecule has 0 spiro atoms. The lowest BCUT2D eigenvalue weighted by atomic mass is 10.00. The van der Waals surface area contributed by atoms with Crippen LogP contribution in [0.2, 0.25) is 0 Å². The Morgan fingerprint density at radius 2 is 1.94 bits per heavy atom. The number of nitrogens with one attached hydrogen (secondary N) is 1. The third-order valence-corrected chi connectivity index (χ3v) is 5.47. The van der Waals surface area contributed by atoms with Crippen LogP contribution in [0.1, 0.15) is 18.1 Å². The first-order valence-corrected chi connectivity index (χ1v) is 9.98. The highest BCUT2D eigenvalue weighted by atomic mass is 19.1. The van der Waals surface area contributed by atoms with E-state index in [2.05, 4.69) is 0 Å². The first kappa shape index (κ1) is 25.0. The first-order valence-electron chi connectivity index (χ1n) is 9.98. The van der Waals surface area contributed by atoms with Crippen LogP contribution in [0.4, 0.5) is 4.39 Å². The summed E-state index contributed by atoms with van der Waals surface area (Å²) in [6.45, 7) is -0.218. The molecule has 2 aromatic rings. The van der Waals surface area contributed by atoms with E-state index in [9.17, 15) is 39.6 Å². The van der Waals surface area contributed by atoms with Crippen molar-refractivity contribution in [2.24, 2.45) is 0 Å². The van der Waals surface area contributed by atoms with Gasteiger partial charge in [-0.25, -0.2) is 13.8 Å². The van der Waals surface area contributed by atoms with Gasteiger partial charge in [-0.15, -0.1) is 5.06 Å². The van der Waals surface area contributed by atoms with Crippen LogP contribution in [0.5, 0.6) is 5.75 Å². The second-order valence-electron chi connectivity index (χ2n) is 7.79. The molecule has 0 amide bonds. The summed E-state index contributed by atoms with van der Waals surface area (Å²) in [5, 5.41) is 53.7. The van der Waals surface area contributed by atoms with E-state index in [1.807, 2.05) is 4.98 Å². The molecular weight excluding hydrogens is 445 g/mol. The van der Waals surface area contributed by atoms with E-state index in [-0.39, 0.29) is 10.6 Å². The minimum absolute atomic E-state index is 0.143. The highest BCUT2D eigenvalue weighted by molar-refractivity contribution is 5.27. The maximum absolute atomic E-state index is 13.5.